The molecular formula is C12H15FN4. The van der Waals surface area contributed by atoms with Crippen molar-refractivity contribution >= 4 is 0 Å². The van der Waals surface area contributed by atoms with Crippen molar-refractivity contribution in [2.24, 2.45) is 5.73 Å². The fourth-order valence-electron chi connectivity index (χ4n) is 1.89. The molecule has 4 nitrogen and oxygen atoms in total. The molecule has 0 saturated heterocycles. The third kappa shape index (κ3) is 2.19. The van der Waals surface area contributed by atoms with Gasteiger partial charge in [-0.2, -0.15) is 5.10 Å². The van der Waals surface area contributed by atoms with Crippen molar-refractivity contribution in [3.8, 4) is 5.69 Å². The zero-order valence-corrected chi connectivity index (χ0v) is 9.94. The number of para-hydroxylation sites is 1. The summed E-state index contributed by atoms with van der Waals surface area (Å²) < 4.78 is 15.5. The van der Waals surface area contributed by atoms with Crippen LogP contribution < -0.4 is 5.73 Å². The van der Waals surface area contributed by atoms with Crippen molar-refractivity contribution in [1.82, 2.24) is 14.8 Å². The third-order valence-electron chi connectivity index (χ3n) is 2.57. The van der Waals surface area contributed by atoms with Gasteiger partial charge < -0.3 is 5.73 Å². The first-order valence-corrected chi connectivity index (χ1v) is 5.51. The Balaban J connectivity index is 2.61. The highest BCUT2D eigenvalue weighted by atomic mass is 19.1. The number of nitrogens with two attached hydrogens (primary N) is 1. The number of halogens is 1. The lowest BCUT2D eigenvalue weighted by Gasteiger charge is -2.10. The number of aromatic nitrogens is 3. The summed E-state index contributed by atoms with van der Waals surface area (Å²) in [6.07, 6.45) is 0.617. The SMILES string of the molecule is Cc1nc(C)n(-c2c(F)cccc2CCN)n1. The van der Waals surface area contributed by atoms with E-state index in [1.165, 1.54) is 10.7 Å². The average Bonchev–Trinajstić information content (AvgIpc) is 2.58. The zero-order chi connectivity index (χ0) is 12.4. The van der Waals surface area contributed by atoms with E-state index >= 15 is 0 Å². The van der Waals surface area contributed by atoms with E-state index in [2.05, 4.69) is 10.1 Å². The van der Waals surface area contributed by atoms with Gasteiger partial charge in [0.2, 0.25) is 0 Å². The summed E-state index contributed by atoms with van der Waals surface area (Å²) >= 11 is 0. The lowest BCUT2D eigenvalue weighted by atomic mass is 10.1. The summed E-state index contributed by atoms with van der Waals surface area (Å²) in [5.74, 6) is 0.999. The summed E-state index contributed by atoms with van der Waals surface area (Å²) in [6, 6.07) is 4.97. The van der Waals surface area contributed by atoms with Crippen LogP contribution in [0.5, 0.6) is 0 Å². The molecule has 2 rings (SSSR count). The Morgan fingerprint density at radius 1 is 1.35 bits per heavy atom. The van der Waals surface area contributed by atoms with Crippen LogP contribution in [-0.2, 0) is 6.42 Å². The number of benzene rings is 1. The minimum absolute atomic E-state index is 0.302. The number of nitrogens with zero attached hydrogens (tertiary/aromatic N) is 3. The molecule has 0 aliphatic heterocycles. The second kappa shape index (κ2) is 4.63. The minimum atomic E-state index is -0.302. The Hall–Kier alpha value is -1.75. The van der Waals surface area contributed by atoms with E-state index in [1.54, 1.807) is 19.9 Å². The zero-order valence-electron chi connectivity index (χ0n) is 9.94. The van der Waals surface area contributed by atoms with Crippen molar-refractivity contribution in [2.45, 2.75) is 20.3 Å². The molecule has 17 heavy (non-hydrogen) atoms. The molecule has 0 spiro atoms. The number of hydrogen-bond donors (Lipinski definition) is 1. The highest BCUT2D eigenvalue weighted by molar-refractivity contribution is 5.42. The van der Waals surface area contributed by atoms with Gasteiger partial charge in [0.05, 0.1) is 0 Å². The van der Waals surface area contributed by atoms with Crippen molar-refractivity contribution in [3.05, 3.63) is 41.2 Å². The lowest BCUT2D eigenvalue weighted by molar-refractivity contribution is 0.603. The fourth-order valence-corrected chi connectivity index (χ4v) is 1.89. The molecule has 0 saturated carbocycles. The number of hydrogen-bond acceptors (Lipinski definition) is 3. The first-order valence-electron chi connectivity index (χ1n) is 5.51. The second-order valence-corrected chi connectivity index (χ2v) is 3.90. The fraction of sp³-hybridized carbons (Fsp3) is 0.333. The van der Waals surface area contributed by atoms with E-state index in [4.69, 9.17) is 5.73 Å². The van der Waals surface area contributed by atoms with Crippen LogP contribution in [0.15, 0.2) is 18.2 Å². The van der Waals surface area contributed by atoms with E-state index in [-0.39, 0.29) is 5.82 Å². The first-order chi connectivity index (χ1) is 8.13. The molecule has 0 radical (unpaired) electrons. The van der Waals surface area contributed by atoms with Crippen molar-refractivity contribution < 1.29 is 4.39 Å². The summed E-state index contributed by atoms with van der Waals surface area (Å²) in [6.45, 7) is 4.06. The molecule has 0 bridgehead atoms. The molecule has 90 valence electrons. The standard InChI is InChI=1S/C12H15FN4/c1-8-15-9(2)17(16-8)12-10(6-7-14)4-3-5-11(12)13/h3-5H,6-7,14H2,1-2H3. The molecule has 1 aromatic heterocycles. The van der Waals surface area contributed by atoms with Gasteiger partial charge in [0.25, 0.3) is 0 Å². The predicted octanol–water partition coefficient (Wildman–Crippen LogP) is 1.52. The van der Waals surface area contributed by atoms with E-state index in [0.717, 1.165) is 5.56 Å². The van der Waals surface area contributed by atoms with E-state index < -0.39 is 0 Å². The molecule has 0 atom stereocenters. The molecule has 0 unspecified atom stereocenters. The van der Waals surface area contributed by atoms with Crippen LogP contribution >= 0.6 is 0 Å². The Kier molecular flexibility index (Phi) is 3.19. The molecule has 0 fully saturated rings. The maximum atomic E-state index is 13.9. The maximum Gasteiger partial charge on any atom is 0.149 e. The minimum Gasteiger partial charge on any atom is -0.330 e. The molecule has 1 aromatic carbocycles. The molecule has 2 aromatic rings. The molecule has 5 heteroatoms. The summed E-state index contributed by atoms with van der Waals surface area (Å²) in [5, 5.41) is 4.21. The van der Waals surface area contributed by atoms with Gasteiger partial charge in [0.15, 0.2) is 0 Å². The topological polar surface area (TPSA) is 56.7 Å². The van der Waals surface area contributed by atoms with Gasteiger partial charge in [0.1, 0.15) is 23.2 Å². The molecular weight excluding hydrogens is 219 g/mol. The number of rotatable bonds is 3. The lowest BCUT2D eigenvalue weighted by Crippen LogP contribution is -2.10. The Bertz CT molecular complexity index is 533. The quantitative estimate of drug-likeness (QED) is 0.876. The first kappa shape index (κ1) is 11.7. The molecule has 0 aliphatic carbocycles. The van der Waals surface area contributed by atoms with Crippen LogP contribution in [0.2, 0.25) is 0 Å². The third-order valence-corrected chi connectivity index (χ3v) is 2.57. The van der Waals surface area contributed by atoms with Gasteiger partial charge in [-0.15, -0.1) is 0 Å². The van der Waals surface area contributed by atoms with E-state index in [9.17, 15) is 4.39 Å². The molecule has 2 N–H and O–H groups in total. The largest absolute Gasteiger partial charge is 0.330 e. The summed E-state index contributed by atoms with van der Waals surface area (Å²) in [4.78, 5) is 4.18. The average molecular weight is 234 g/mol. The van der Waals surface area contributed by atoms with Gasteiger partial charge in [-0.3, -0.25) is 0 Å². The van der Waals surface area contributed by atoms with Crippen LogP contribution in [0.4, 0.5) is 4.39 Å². The summed E-state index contributed by atoms with van der Waals surface area (Å²) in [7, 11) is 0. The highest BCUT2D eigenvalue weighted by Crippen LogP contribution is 2.19. The van der Waals surface area contributed by atoms with E-state index in [0.29, 0.717) is 30.3 Å². The Labute approximate surface area is 99.3 Å². The molecule has 0 aliphatic rings. The maximum absolute atomic E-state index is 13.9. The Morgan fingerprint density at radius 2 is 2.12 bits per heavy atom. The molecule has 0 amide bonds. The van der Waals surface area contributed by atoms with Crippen molar-refractivity contribution in [3.63, 3.8) is 0 Å². The van der Waals surface area contributed by atoms with Crippen LogP contribution in [0.1, 0.15) is 17.2 Å². The predicted molar refractivity (Wildman–Crippen MR) is 63.5 cm³/mol. The van der Waals surface area contributed by atoms with Crippen LogP contribution in [0, 0.1) is 19.7 Å². The molecule has 1 heterocycles. The van der Waals surface area contributed by atoms with Crippen LogP contribution in [0.25, 0.3) is 5.69 Å². The van der Waals surface area contributed by atoms with Crippen molar-refractivity contribution in [1.29, 1.82) is 0 Å². The smallest absolute Gasteiger partial charge is 0.149 e. The van der Waals surface area contributed by atoms with Crippen LogP contribution in [-0.4, -0.2) is 21.3 Å². The van der Waals surface area contributed by atoms with Gasteiger partial charge in [-0.25, -0.2) is 14.1 Å². The van der Waals surface area contributed by atoms with E-state index in [1.807, 2.05) is 6.07 Å². The van der Waals surface area contributed by atoms with Crippen molar-refractivity contribution in [2.75, 3.05) is 6.54 Å². The number of aryl methyl sites for hydroxylation is 2. The van der Waals surface area contributed by atoms with Gasteiger partial charge >= 0.3 is 0 Å². The van der Waals surface area contributed by atoms with Gasteiger partial charge in [-0.05, 0) is 38.4 Å². The Morgan fingerprint density at radius 3 is 2.71 bits per heavy atom. The second-order valence-electron chi connectivity index (χ2n) is 3.90. The normalized spacial score (nSPS) is 10.8. The summed E-state index contributed by atoms with van der Waals surface area (Å²) in [5.41, 5.74) is 6.84. The van der Waals surface area contributed by atoms with Gasteiger partial charge in [-0.1, -0.05) is 12.1 Å². The van der Waals surface area contributed by atoms with Gasteiger partial charge in [0, 0.05) is 0 Å². The van der Waals surface area contributed by atoms with Crippen LogP contribution in [0.3, 0.4) is 0 Å². The highest BCUT2D eigenvalue weighted by Gasteiger charge is 2.14. The monoisotopic (exact) mass is 234 g/mol.